The number of amides is 2. The number of aromatic nitrogens is 1. The highest BCUT2D eigenvalue weighted by Gasteiger charge is 2.29. The first kappa shape index (κ1) is 27.3. The Bertz CT molecular complexity index is 1560. The molecule has 0 bridgehead atoms. The summed E-state index contributed by atoms with van der Waals surface area (Å²) in [6, 6.07) is 13.2. The van der Waals surface area contributed by atoms with Gasteiger partial charge in [-0.05, 0) is 60.9 Å². The van der Waals surface area contributed by atoms with Crippen molar-refractivity contribution in [3.8, 4) is 22.5 Å². The Labute approximate surface area is 226 Å². The number of alkyl halides is 3. The number of hydrogen-bond acceptors (Lipinski definition) is 5. The molecule has 208 valence electrons. The van der Waals surface area contributed by atoms with Gasteiger partial charge in [-0.1, -0.05) is 12.1 Å². The van der Waals surface area contributed by atoms with Crippen LogP contribution in [-0.2, 0) is 11.2 Å². The number of aryl methyl sites for hydroxylation is 1. The number of ether oxygens (including phenoxy) is 1. The van der Waals surface area contributed by atoms with E-state index in [2.05, 4.69) is 15.6 Å². The number of pyridine rings is 1. The maximum Gasteiger partial charge on any atom is 0.389 e. The maximum absolute atomic E-state index is 13.6. The first-order valence-corrected chi connectivity index (χ1v) is 12.6. The summed E-state index contributed by atoms with van der Waals surface area (Å²) >= 11 is 0. The SMILES string of the molecule is CNC(=O)c1c(-c2ccc(F)cc2)oc2nc(CCC(F)(F)F)c(-c3cccc(C(=O)NC4CCOC4)c3)cc12. The molecule has 0 saturated carbocycles. The molecule has 4 aromatic rings. The fourth-order valence-corrected chi connectivity index (χ4v) is 4.66. The van der Waals surface area contributed by atoms with Gasteiger partial charge in [0.2, 0.25) is 5.71 Å². The molecule has 2 aromatic carbocycles. The van der Waals surface area contributed by atoms with E-state index in [4.69, 9.17) is 9.15 Å². The lowest BCUT2D eigenvalue weighted by Gasteiger charge is -2.14. The number of hydrogen-bond donors (Lipinski definition) is 2. The van der Waals surface area contributed by atoms with Gasteiger partial charge in [0.15, 0.2) is 0 Å². The van der Waals surface area contributed by atoms with Crippen LogP contribution in [0.15, 0.2) is 59.0 Å². The molecule has 0 spiro atoms. The second kappa shape index (κ2) is 11.1. The summed E-state index contributed by atoms with van der Waals surface area (Å²) in [5.74, 6) is -1.23. The van der Waals surface area contributed by atoms with Crippen LogP contribution in [0.5, 0.6) is 0 Å². The zero-order valence-corrected chi connectivity index (χ0v) is 21.4. The van der Waals surface area contributed by atoms with Crippen molar-refractivity contribution in [2.75, 3.05) is 20.3 Å². The Balaban J connectivity index is 1.65. The second-order valence-corrected chi connectivity index (χ2v) is 9.46. The summed E-state index contributed by atoms with van der Waals surface area (Å²) in [4.78, 5) is 30.3. The minimum Gasteiger partial charge on any atom is -0.437 e. The van der Waals surface area contributed by atoms with E-state index in [1.807, 2.05) is 0 Å². The predicted octanol–water partition coefficient (Wildman–Crippen LogP) is 5.67. The number of benzene rings is 2. The third kappa shape index (κ3) is 5.84. The van der Waals surface area contributed by atoms with Crippen molar-refractivity contribution in [1.29, 1.82) is 0 Å². The van der Waals surface area contributed by atoms with Crippen LogP contribution in [0.25, 0.3) is 33.6 Å². The van der Waals surface area contributed by atoms with Gasteiger partial charge in [0, 0.05) is 36.8 Å². The monoisotopic (exact) mass is 555 g/mol. The van der Waals surface area contributed by atoms with Gasteiger partial charge in [-0.3, -0.25) is 9.59 Å². The fraction of sp³-hybridized carbons (Fsp3) is 0.276. The lowest BCUT2D eigenvalue weighted by molar-refractivity contribution is -0.134. The second-order valence-electron chi connectivity index (χ2n) is 9.46. The minimum absolute atomic E-state index is 0.0334. The molecule has 3 heterocycles. The number of nitrogens with one attached hydrogen (secondary N) is 2. The van der Waals surface area contributed by atoms with Crippen molar-refractivity contribution in [3.05, 3.63) is 77.2 Å². The number of carbonyl (C=O) groups excluding carboxylic acids is 2. The van der Waals surface area contributed by atoms with E-state index in [1.54, 1.807) is 30.3 Å². The summed E-state index contributed by atoms with van der Waals surface area (Å²) in [6.45, 7) is 0.963. The van der Waals surface area contributed by atoms with Crippen LogP contribution >= 0.6 is 0 Å². The molecule has 7 nitrogen and oxygen atoms in total. The number of halogens is 4. The zero-order chi connectivity index (χ0) is 28.4. The van der Waals surface area contributed by atoms with Gasteiger partial charge in [-0.2, -0.15) is 13.2 Å². The Morgan fingerprint density at radius 1 is 1.05 bits per heavy atom. The van der Waals surface area contributed by atoms with Crippen LogP contribution in [0.3, 0.4) is 0 Å². The maximum atomic E-state index is 13.6. The molecular weight excluding hydrogens is 530 g/mol. The third-order valence-corrected chi connectivity index (χ3v) is 6.67. The zero-order valence-electron chi connectivity index (χ0n) is 21.4. The smallest absolute Gasteiger partial charge is 0.389 e. The summed E-state index contributed by atoms with van der Waals surface area (Å²) in [6.07, 6.45) is -5.33. The summed E-state index contributed by atoms with van der Waals surface area (Å²) in [5.41, 5.74) is 1.66. The van der Waals surface area contributed by atoms with E-state index in [9.17, 15) is 27.2 Å². The van der Waals surface area contributed by atoms with Gasteiger partial charge < -0.3 is 19.8 Å². The van der Waals surface area contributed by atoms with Gasteiger partial charge in [0.25, 0.3) is 11.8 Å². The Morgan fingerprint density at radius 3 is 2.50 bits per heavy atom. The van der Waals surface area contributed by atoms with E-state index in [1.165, 1.54) is 31.3 Å². The number of nitrogens with zero attached hydrogens (tertiary/aromatic N) is 1. The molecule has 1 fully saturated rings. The van der Waals surface area contributed by atoms with Crippen LogP contribution in [0, 0.1) is 5.82 Å². The normalized spacial score (nSPS) is 15.4. The van der Waals surface area contributed by atoms with E-state index in [-0.39, 0.29) is 40.1 Å². The lowest BCUT2D eigenvalue weighted by Crippen LogP contribution is -2.34. The molecule has 1 atom stereocenters. The molecular formula is C29H25F4N3O4. The number of fused-ring (bicyclic) bond motifs is 1. The van der Waals surface area contributed by atoms with Crippen molar-refractivity contribution in [2.45, 2.75) is 31.5 Å². The number of furan rings is 1. The highest BCUT2D eigenvalue weighted by molar-refractivity contribution is 6.11. The molecule has 1 saturated heterocycles. The van der Waals surface area contributed by atoms with Crippen molar-refractivity contribution >= 4 is 22.9 Å². The molecule has 40 heavy (non-hydrogen) atoms. The molecule has 1 aliphatic heterocycles. The van der Waals surface area contributed by atoms with Gasteiger partial charge in [0.1, 0.15) is 11.6 Å². The van der Waals surface area contributed by atoms with Crippen LogP contribution in [-0.4, -0.2) is 49.3 Å². The van der Waals surface area contributed by atoms with Gasteiger partial charge in [-0.25, -0.2) is 9.37 Å². The fourth-order valence-electron chi connectivity index (χ4n) is 4.66. The van der Waals surface area contributed by atoms with E-state index < -0.39 is 30.7 Å². The largest absolute Gasteiger partial charge is 0.437 e. The molecule has 0 aliphatic carbocycles. The molecule has 11 heteroatoms. The Kier molecular flexibility index (Phi) is 7.57. The van der Waals surface area contributed by atoms with Crippen molar-refractivity contribution in [3.63, 3.8) is 0 Å². The summed E-state index contributed by atoms with van der Waals surface area (Å²) in [5, 5.41) is 5.71. The average Bonchev–Trinajstić information content (AvgIpc) is 3.58. The average molecular weight is 556 g/mol. The highest BCUT2D eigenvalue weighted by Crippen LogP contribution is 2.37. The minimum atomic E-state index is -4.44. The molecule has 0 radical (unpaired) electrons. The van der Waals surface area contributed by atoms with Gasteiger partial charge in [-0.15, -0.1) is 0 Å². The van der Waals surface area contributed by atoms with Crippen LogP contribution in [0.2, 0.25) is 0 Å². The van der Waals surface area contributed by atoms with E-state index in [0.29, 0.717) is 41.9 Å². The number of carbonyl (C=O) groups is 2. The summed E-state index contributed by atoms with van der Waals surface area (Å²) in [7, 11) is 1.43. The van der Waals surface area contributed by atoms with Gasteiger partial charge in [0.05, 0.1) is 29.3 Å². The Morgan fingerprint density at radius 2 is 1.82 bits per heavy atom. The Hall–Kier alpha value is -4.25. The summed E-state index contributed by atoms with van der Waals surface area (Å²) < 4.78 is 64.4. The van der Waals surface area contributed by atoms with E-state index in [0.717, 1.165) is 0 Å². The van der Waals surface area contributed by atoms with Crippen molar-refractivity contribution in [1.82, 2.24) is 15.6 Å². The molecule has 1 aliphatic rings. The third-order valence-electron chi connectivity index (χ3n) is 6.67. The van der Waals surface area contributed by atoms with Crippen LogP contribution < -0.4 is 10.6 Å². The number of rotatable bonds is 7. The van der Waals surface area contributed by atoms with Crippen LogP contribution in [0.4, 0.5) is 17.6 Å². The van der Waals surface area contributed by atoms with Gasteiger partial charge >= 0.3 is 6.18 Å². The van der Waals surface area contributed by atoms with E-state index >= 15 is 0 Å². The molecule has 2 aromatic heterocycles. The highest BCUT2D eigenvalue weighted by atomic mass is 19.4. The first-order valence-electron chi connectivity index (χ1n) is 12.6. The van der Waals surface area contributed by atoms with Crippen LogP contribution in [0.1, 0.15) is 39.3 Å². The molecule has 2 N–H and O–H groups in total. The lowest BCUT2D eigenvalue weighted by atomic mass is 9.96. The predicted molar refractivity (Wildman–Crippen MR) is 139 cm³/mol. The standard InChI is InChI=1S/C29H25F4N3O4/c1-34-27(38)24-22-14-21(17-3-2-4-18(13-17)26(37)35-20-10-12-39-15-20)23(9-11-29(31,32)33)36-28(22)40-25(24)16-5-7-19(30)8-6-16/h2-8,13-14,20H,9-12,15H2,1H3,(H,34,38)(H,35,37). The molecule has 2 amide bonds. The molecule has 1 unspecified atom stereocenters. The quantitative estimate of drug-likeness (QED) is 0.287. The van der Waals surface area contributed by atoms with Crippen molar-refractivity contribution < 1.29 is 36.3 Å². The first-order chi connectivity index (χ1) is 19.1. The molecule has 5 rings (SSSR count). The van der Waals surface area contributed by atoms with Crippen molar-refractivity contribution in [2.24, 2.45) is 0 Å². The topological polar surface area (TPSA) is 93.5 Å².